The fraction of sp³-hybridized carbons (Fsp3) is 0.364. The van der Waals surface area contributed by atoms with Crippen LogP contribution < -0.4 is 11.1 Å². The molecule has 0 aliphatic rings. The minimum absolute atomic E-state index is 0.215. The summed E-state index contributed by atoms with van der Waals surface area (Å²) in [7, 11) is 1.51. The van der Waals surface area contributed by atoms with Crippen LogP contribution in [0.5, 0.6) is 0 Å². The first-order valence-electron chi connectivity index (χ1n) is 4.90. The molecule has 5 heteroatoms. The number of nitrogens with two attached hydrogens (primary N) is 1. The molecular weight excluding hydrogens is 228 g/mol. The van der Waals surface area contributed by atoms with E-state index >= 15 is 0 Å². The van der Waals surface area contributed by atoms with Crippen LogP contribution in [-0.2, 0) is 16.1 Å². The number of methoxy groups -OCH3 is 1. The maximum absolute atomic E-state index is 11.4. The number of amides is 1. The summed E-state index contributed by atoms with van der Waals surface area (Å²) in [5.41, 5.74) is 6.53. The molecule has 0 aliphatic carbocycles. The summed E-state index contributed by atoms with van der Waals surface area (Å²) in [5, 5.41) is 3.39. The van der Waals surface area contributed by atoms with Gasteiger partial charge in [-0.3, -0.25) is 4.79 Å². The molecule has 88 valence electrons. The molecule has 0 fully saturated rings. The van der Waals surface area contributed by atoms with Gasteiger partial charge in [0.25, 0.3) is 0 Å². The van der Waals surface area contributed by atoms with Crippen LogP contribution in [0.4, 0.5) is 0 Å². The quantitative estimate of drug-likeness (QED) is 0.808. The molecule has 3 N–H and O–H groups in total. The zero-order valence-corrected chi connectivity index (χ0v) is 9.83. The lowest BCUT2D eigenvalue weighted by molar-refractivity contribution is -0.123. The Bertz CT molecular complexity index is 340. The third-order valence-electron chi connectivity index (χ3n) is 2.06. The van der Waals surface area contributed by atoms with Gasteiger partial charge in [0.05, 0.1) is 6.61 Å². The summed E-state index contributed by atoms with van der Waals surface area (Å²) < 4.78 is 4.79. The minimum Gasteiger partial charge on any atom is -0.383 e. The van der Waals surface area contributed by atoms with E-state index in [4.69, 9.17) is 22.1 Å². The van der Waals surface area contributed by atoms with Gasteiger partial charge in [0.1, 0.15) is 6.04 Å². The molecule has 1 unspecified atom stereocenters. The topological polar surface area (TPSA) is 64.3 Å². The molecule has 1 aromatic rings. The van der Waals surface area contributed by atoms with Crippen molar-refractivity contribution in [1.29, 1.82) is 0 Å². The minimum atomic E-state index is -0.627. The lowest BCUT2D eigenvalue weighted by Gasteiger charge is -2.11. The molecule has 0 spiro atoms. The zero-order chi connectivity index (χ0) is 12.0. The van der Waals surface area contributed by atoms with Crippen molar-refractivity contribution in [3.05, 3.63) is 34.9 Å². The number of hydrogen-bond donors (Lipinski definition) is 2. The van der Waals surface area contributed by atoms with Gasteiger partial charge in [-0.25, -0.2) is 0 Å². The van der Waals surface area contributed by atoms with Gasteiger partial charge in [-0.15, -0.1) is 0 Å². The standard InChI is InChI=1S/C11H15ClN2O2/c1-16-7-10(13)11(15)14-6-8-2-4-9(12)5-3-8/h2-5,10H,6-7,13H2,1H3,(H,14,15). The first kappa shape index (κ1) is 13.0. The summed E-state index contributed by atoms with van der Waals surface area (Å²) >= 11 is 5.74. The molecule has 0 heterocycles. The van der Waals surface area contributed by atoms with Crippen molar-refractivity contribution in [2.75, 3.05) is 13.7 Å². The van der Waals surface area contributed by atoms with E-state index in [1.807, 2.05) is 12.1 Å². The van der Waals surface area contributed by atoms with Crippen LogP contribution in [0.15, 0.2) is 24.3 Å². The van der Waals surface area contributed by atoms with Crippen LogP contribution in [0.2, 0.25) is 5.02 Å². The number of benzene rings is 1. The van der Waals surface area contributed by atoms with Gasteiger partial charge in [-0.1, -0.05) is 23.7 Å². The predicted octanol–water partition coefficient (Wildman–Crippen LogP) is 0.930. The molecule has 1 amide bonds. The molecule has 0 radical (unpaired) electrons. The fourth-order valence-corrected chi connectivity index (χ4v) is 1.30. The molecule has 1 aromatic carbocycles. The highest BCUT2D eigenvalue weighted by molar-refractivity contribution is 6.30. The van der Waals surface area contributed by atoms with Crippen LogP contribution in [0, 0.1) is 0 Å². The van der Waals surface area contributed by atoms with Crippen molar-refractivity contribution in [3.63, 3.8) is 0 Å². The molecule has 0 saturated carbocycles. The highest BCUT2D eigenvalue weighted by Gasteiger charge is 2.11. The van der Waals surface area contributed by atoms with E-state index in [1.165, 1.54) is 7.11 Å². The number of rotatable bonds is 5. The van der Waals surface area contributed by atoms with E-state index in [0.29, 0.717) is 11.6 Å². The summed E-state index contributed by atoms with van der Waals surface area (Å²) in [6.07, 6.45) is 0. The molecule has 4 nitrogen and oxygen atoms in total. The fourth-order valence-electron chi connectivity index (χ4n) is 1.18. The average molecular weight is 243 g/mol. The summed E-state index contributed by atoms with van der Waals surface area (Å²) in [4.78, 5) is 11.4. The second-order valence-electron chi connectivity index (χ2n) is 3.41. The van der Waals surface area contributed by atoms with Crippen LogP contribution in [-0.4, -0.2) is 25.7 Å². The smallest absolute Gasteiger partial charge is 0.239 e. The third kappa shape index (κ3) is 4.18. The number of carbonyl (C=O) groups excluding carboxylic acids is 1. The average Bonchev–Trinajstić information content (AvgIpc) is 2.28. The number of halogens is 1. The maximum atomic E-state index is 11.4. The van der Waals surface area contributed by atoms with Gasteiger partial charge in [0.2, 0.25) is 5.91 Å². The van der Waals surface area contributed by atoms with E-state index in [0.717, 1.165) is 5.56 Å². The first-order chi connectivity index (χ1) is 7.63. The lowest BCUT2D eigenvalue weighted by atomic mass is 10.2. The van der Waals surface area contributed by atoms with Gasteiger partial charge in [-0.05, 0) is 17.7 Å². The Hall–Kier alpha value is -1.10. The Morgan fingerprint density at radius 2 is 2.12 bits per heavy atom. The van der Waals surface area contributed by atoms with E-state index in [2.05, 4.69) is 5.32 Å². The van der Waals surface area contributed by atoms with Crippen molar-refractivity contribution in [3.8, 4) is 0 Å². The number of carbonyl (C=O) groups is 1. The molecule has 1 atom stereocenters. The van der Waals surface area contributed by atoms with Crippen LogP contribution >= 0.6 is 11.6 Å². The van der Waals surface area contributed by atoms with Crippen molar-refractivity contribution in [1.82, 2.24) is 5.32 Å². The molecule has 1 rings (SSSR count). The third-order valence-corrected chi connectivity index (χ3v) is 2.31. The van der Waals surface area contributed by atoms with Crippen LogP contribution in [0.25, 0.3) is 0 Å². The molecule has 0 bridgehead atoms. The summed E-state index contributed by atoms with van der Waals surface area (Å²) in [5.74, 6) is -0.225. The van der Waals surface area contributed by atoms with E-state index in [1.54, 1.807) is 12.1 Å². The molecule has 0 aromatic heterocycles. The highest BCUT2D eigenvalue weighted by atomic mass is 35.5. The van der Waals surface area contributed by atoms with E-state index in [9.17, 15) is 4.79 Å². The Morgan fingerprint density at radius 3 is 2.69 bits per heavy atom. The van der Waals surface area contributed by atoms with Crippen molar-refractivity contribution < 1.29 is 9.53 Å². The SMILES string of the molecule is COCC(N)C(=O)NCc1ccc(Cl)cc1. The number of ether oxygens (including phenoxy) is 1. The van der Waals surface area contributed by atoms with Gasteiger partial charge < -0.3 is 15.8 Å². The van der Waals surface area contributed by atoms with Crippen molar-refractivity contribution in [2.45, 2.75) is 12.6 Å². The Kier molecular flexibility index (Phi) is 5.25. The van der Waals surface area contributed by atoms with Crippen LogP contribution in [0.3, 0.4) is 0 Å². The largest absolute Gasteiger partial charge is 0.383 e. The predicted molar refractivity (Wildman–Crippen MR) is 63.2 cm³/mol. The second-order valence-corrected chi connectivity index (χ2v) is 3.84. The lowest BCUT2D eigenvalue weighted by Crippen LogP contribution is -2.43. The van der Waals surface area contributed by atoms with Crippen LogP contribution in [0.1, 0.15) is 5.56 Å². The number of hydrogen-bond acceptors (Lipinski definition) is 3. The molecule has 0 aliphatic heterocycles. The van der Waals surface area contributed by atoms with Gasteiger partial charge in [0, 0.05) is 18.7 Å². The van der Waals surface area contributed by atoms with Gasteiger partial charge >= 0.3 is 0 Å². The molecule has 16 heavy (non-hydrogen) atoms. The van der Waals surface area contributed by atoms with E-state index < -0.39 is 6.04 Å². The Balaban J connectivity index is 2.39. The van der Waals surface area contributed by atoms with Gasteiger partial charge in [-0.2, -0.15) is 0 Å². The maximum Gasteiger partial charge on any atom is 0.239 e. The molecule has 0 saturated heterocycles. The second kappa shape index (κ2) is 6.48. The summed E-state index contributed by atoms with van der Waals surface area (Å²) in [6, 6.07) is 6.63. The Labute approximate surface area is 99.7 Å². The monoisotopic (exact) mass is 242 g/mol. The zero-order valence-electron chi connectivity index (χ0n) is 9.07. The van der Waals surface area contributed by atoms with Gasteiger partial charge in [0.15, 0.2) is 0 Å². The Morgan fingerprint density at radius 1 is 1.50 bits per heavy atom. The first-order valence-corrected chi connectivity index (χ1v) is 5.28. The van der Waals surface area contributed by atoms with Crippen molar-refractivity contribution >= 4 is 17.5 Å². The normalized spacial score (nSPS) is 12.2. The van der Waals surface area contributed by atoms with Crippen molar-refractivity contribution in [2.24, 2.45) is 5.73 Å². The number of nitrogens with one attached hydrogen (secondary N) is 1. The molecular formula is C11H15ClN2O2. The summed E-state index contributed by atoms with van der Waals surface area (Å²) in [6.45, 7) is 0.653. The highest BCUT2D eigenvalue weighted by Crippen LogP contribution is 2.08. The van der Waals surface area contributed by atoms with E-state index in [-0.39, 0.29) is 12.5 Å².